The van der Waals surface area contributed by atoms with Crippen LogP contribution in [-0.4, -0.2) is 18.9 Å². The van der Waals surface area contributed by atoms with Crippen LogP contribution < -0.4 is 0 Å². The van der Waals surface area contributed by atoms with E-state index in [0.717, 1.165) is 11.1 Å². The molecule has 0 aliphatic rings. The highest BCUT2D eigenvalue weighted by atomic mass is 16.5. The van der Waals surface area contributed by atoms with Gasteiger partial charge in [-0.3, -0.25) is 9.59 Å². The molecule has 0 amide bonds. The minimum absolute atomic E-state index is 0.0806. The van der Waals surface area contributed by atoms with E-state index in [1.165, 1.54) is 12.7 Å². The van der Waals surface area contributed by atoms with Crippen LogP contribution in [0.25, 0.3) is 0 Å². The summed E-state index contributed by atoms with van der Waals surface area (Å²) in [6, 6.07) is 5.68. The second-order valence-electron chi connectivity index (χ2n) is 4.15. The molecular weight excluding hydrogens is 216 g/mol. The summed E-state index contributed by atoms with van der Waals surface area (Å²) in [5.41, 5.74) is 3.01. The van der Waals surface area contributed by atoms with Crippen LogP contribution >= 0.6 is 0 Å². The summed E-state index contributed by atoms with van der Waals surface area (Å²) in [7, 11) is 1.35. The van der Waals surface area contributed by atoms with Crippen molar-refractivity contribution in [1.82, 2.24) is 0 Å². The van der Waals surface area contributed by atoms with Gasteiger partial charge >= 0.3 is 5.97 Å². The fourth-order valence-electron chi connectivity index (χ4n) is 1.55. The highest BCUT2D eigenvalue weighted by molar-refractivity contribution is 5.96. The Hall–Kier alpha value is -1.64. The van der Waals surface area contributed by atoms with Gasteiger partial charge in [0.1, 0.15) is 0 Å². The van der Waals surface area contributed by atoms with Crippen LogP contribution in [0, 0.1) is 13.8 Å². The van der Waals surface area contributed by atoms with E-state index in [1.54, 1.807) is 0 Å². The minimum Gasteiger partial charge on any atom is -0.469 e. The van der Waals surface area contributed by atoms with Gasteiger partial charge in [0.05, 0.1) is 7.11 Å². The van der Waals surface area contributed by atoms with Gasteiger partial charge in [-0.2, -0.15) is 0 Å². The summed E-state index contributed by atoms with van der Waals surface area (Å²) >= 11 is 0. The Bertz CT molecular complexity index is 421. The Morgan fingerprint density at radius 3 is 2.41 bits per heavy atom. The van der Waals surface area contributed by atoms with Gasteiger partial charge in [0.15, 0.2) is 5.78 Å². The summed E-state index contributed by atoms with van der Waals surface area (Å²) in [4.78, 5) is 22.7. The highest BCUT2D eigenvalue weighted by Crippen LogP contribution is 2.13. The molecule has 3 heteroatoms. The maximum absolute atomic E-state index is 11.8. The van der Waals surface area contributed by atoms with Crippen molar-refractivity contribution < 1.29 is 14.3 Å². The molecular formula is C14H18O3. The maximum atomic E-state index is 11.8. The van der Waals surface area contributed by atoms with Crippen molar-refractivity contribution in [3.63, 3.8) is 0 Å². The predicted octanol–water partition coefficient (Wildman–Crippen LogP) is 2.83. The zero-order chi connectivity index (χ0) is 12.8. The van der Waals surface area contributed by atoms with E-state index in [0.29, 0.717) is 19.3 Å². The minimum atomic E-state index is -0.266. The first-order valence-electron chi connectivity index (χ1n) is 5.72. The number of carbonyl (C=O) groups excluding carboxylic acids is 2. The SMILES string of the molecule is COC(=O)CCCC(=O)c1ccc(C)c(C)c1. The average Bonchev–Trinajstić information content (AvgIpc) is 2.32. The molecule has 0 aliphatic heterocycles. The number of hydrogen-bond donors (Lipinski definition) is 0. The fourth-order valence-corrected chi connectivity index (χ4v) is 1.55. The topological polar surface area (TPSA) is 43.4 Å². The molecule has 0 aromatic heterocycles. The monoisotopic (exact) mass is 234 g/mol. The molecule has 1 aromatic carbocycles. The third-order valence-electron chi connectivity index (χ3n) is 2.84. The molecule has 0 aliphatic carbocycles. The molecule has 0 saturated heterocycles. The van der Waals surface area contributed by atoms with E-state index < -0.39 is 0 Å². The number of ether oxygens (including phenoxy) is 1. The van der Waals surface area contributed by atoms with Crippen molar-refractivity contribution in [1.29, 1.82) is 0 Å². The lowest BCUT2D eigenvalue weighted by molar-refractivity contribution is -0.140. The second kappa shape index (κ2) is 6.18. The molecule has 0 radical (unpaired) electrons. The number of hydrogen-bond acceptors (Lipinski definition) is 3. The first kappa shape index (κ1) is 13.4. The van der Waals surface area contributed by atoms with Gasteiger partial charge in [-0.15, -0.1) is 0 Å². The molecule has 3 nitrogen and oxygen atoms in total. The molecule has 17 heavy (non-hydrogen) atoms. The van der Waals surface area contributed by atoms with Gasteiger partial charge in [-0.25, -0.2) is 0 Å². The molecule has 1 aromatic rings. The van der Waals surface area contributed by atoms with Gasteiger partial charge in [0, 0.05) is 18.4 Å². The largest absolute Gasteiger partial charge is 0.469 e. The zero-order valence-corrected chi connectivity index (χ0v) is 10.6. The van der Waals surface area contributed by atoms with E-state index in [2.05, 4.69) is 4.74 Å². The Kier molecular flexibility index (Phi) is 4.88. The van der Waals surface area contributed by atoms with Crippen LogP contribution in [0.3, 0.4) is 0 Å². The standard InChI is InChI=1S/C14H18O3/c1-10-7-8-12(9-11(10)2)13(15)5-4-6-14(16)17-3/h7-9H,4-6H2,1-3H3. The Labute approximate surface area is 102 Å². The van der Waals surface area contributed by atoms with E-state index in [-0.39, 0.29) is 11.8 Å². The molecule has 1 rings (SSSR count). The fraction of sp³-hybridized carbons (Fsp3) is 0.429. The van der Waals surface area contributed by atoms with Crippen molar-refractivity contribution in [3.05, 3.63) is 34.9 Å². The third-order valence-corrected chi connectivity index (χ3v) is 2.84. The van der Waals surface area contributed by atoms with Crippen LogP contribution in [0.1, 0.15) is 40.7 Å². The van der Waals surface area contributed by atoms with Crippen molar-refractivity contribution in [2.75, 3.05) is 7.11 Å². The molecule has 92 valence electrons. The normalized spacial score (nSPS) is 10.1. The van der Waals surface area contributed by atoms with Crippen molar-refractivity contribution >= 4 is 11.8 Å². The second-order valence-corrected chi connectivity index (χ2v) is 4.15. The summed E-state index contributed by atoms with van der Waals surface area (Å²) in [6.45, 7) is 4.00. The smallest absolute Gasteiger partial charge is 0.305 e. The van der Waals surface area contributed by atoms with E-state index in [4.69, 9.17) is 0 Å². The Balaban J connectivity index is 2.52. The number of benzene rings is 1. The number of esters is 1. The Morgan fingerprint density at radius 2 is 1.82 bits per heavy atom. The lowest BCUT2D eigenvalue weighted by Crippen LogP contribution is -2.04. The van der Waals surface area contributed by atoms with E-state index >= 15 is 0 Å². The predicted molar refractivity (Wildman–Crippen MR) is 66.1 cm³/mol. The Morgan fingerprint density at radius 1 is 1.12 bits per heavy atom. The number of rotatable bonds is 5. The molecule has 0 N–H and O–H groups in total. The molecule has 0 spiro atoms. The van der Waals surface area contributed by atoms with Crippen LogP contribution in [0.2, 0.25) is 0 Å². The number of Topliss-reactive ketones (excluding diaryl/α,β-unsaturated/α-hetero) is 1. The van der Waals surface area contributed by atoms with Crippen LogP contribution in [0.15, 0.2) is 18.2 Å². The summed E-state index contributed by atoms with van der Waals surface area (Å²) in [5.74, 6) is -0.185. The van der Waals surface area contributed by atoms with Gasteiger partial charge < -0.3 is 4.74 Å². The molecule has 0 fully saturated rings. The van der Waals surface area contributed by atoms with Gasteiger partial charge in [0.2, 0.25) is 0 Å². The maximum Gasteiger partial charge on any atom is 0.305 e. The van der Waals surface area contributed by atoms with Crippen LogP contribution in [0.4, 0.5) is 0 Å². The molecule has 0 bridgehead atoms. The number of ketones is 1. The lowest BCUT2D eigenvalue weighted by Gasteiger charge is -2.04. The lowest BCUT2D eigenvalue weighted by atomic mass is 10.0. The molecule has 0 heterocycles. The van der Waals surface area contributed by atoms with Crippen LogP contribution in [0.5, 0.6) is 0 Å². The highest BCUT2D eigenvalue weighted by Gasteiger charge is 2.08. The number of methoxy groups -OCH3 is 1. The van der Waals surface area contributed by atoms with E-state index in [1.807, 2.05) is 32.0 Å². The number of aryl methyl sites for hydroxylation is 2. The average molecular weight is 234 g/mol. The van der Waals surface area contributed by atoms with Gasteiger partial charge in [-0.05, 0) is 37.5 Å². The first-order chi connectivity index (χ1) is 8.04. The van der Waals surface area contributed by atoms with Crippen molar-refractivity contribution in [2.45, 2.75) is 33.1 Å². The molecule has 0 atom stereocenters. The van der Waals surface area contributed by atoms with E-state index in [9.17, 15) is 9.59 Å². The van der Waals surface area contributed by atoms with Gasteiger partial charge in [-0.1, -0.05) is 12.1 Å². The zero-order valence-electron chi connectivity index (χ0n) is 10.6. The summed E-state index contributed by atoms with van der Waals surface area (Å²) in [5, 5.41) is 0. The van der Waals surface area contributed by atoms with Crippen molar-refractivity contribution in [3.8, 4) is 0 Å². The first-order valence-corrected chi connectivity index (χ1v) is 5.72. The third kappa shape index (κ3) is 4.02. The summed E-state index contributed by atoms with van der Waals surface area (Å²) in [6.07, 6.45) is 1.23. The quantitative estimate of drug-likeness (QED) is 0.581. The summed E-state index contributed by atoms with van der Waals surface area (Å²) < 4.78 is 4.52. The molecule has 0 saturated carbocycles. The number of carbonyl (C=O) groups is 2. The van der Waals surface area contributed by atoms with Gasteiger partial charge in [0.25, 0.3) is 0 Å². The molecule has 0 unspecified atom stereocenters. The van der Waals surface area contributed by atoms with Crippen LogP contribution in [-0.2, 0) is 9.53 Å². The van der Waals surface area contributed by atoms with Crippen molar-refractivity contribution in [2.24, 2.45) is 0 Å².